The Morgan fingerprint density at radius 2 is 2.26 bits per heavy atom. The maximum absolute atomic E-state index is 11.9. The lowest BCUT2D eigenvalue weighted by Gasteiger charge is -2.21. The molecule has 1 aliphatic rings. The Labute approximate surface area is 112 Å². The molecule has 1 saturated heterocycles. The molecule has 1 unspecified atom stereocenters. The van der Waals surface area contributed by atoms with Crippen molar-refractivity contribution in [2.45, 2.75) is 32.4 Å². The first-order chi connectivity index (χ1) is 9.08. The van der Waals surface area contributed by atoms with E-state index in [4.69, 9.17) is 5.11 Å². The van der Waals surface area contributed by atoms with Crippen LogP contribution in [0.15, 0.2) is 24.3 Å². The summed E-state index contributed by atoms with van der Waals surface area (Å²) >= 11 is 0. The van der Waals surface area contributed by atoms with Crippen LogP contribution in [0.5, 0.6) is 0 Å². The summed E-state index contributed by atoms with van der Waals surface area (Å²) in [7, 11) is 0. The van der Waals surface area contributed by atoms with Gasteiger partial charge in [-0.25, -0.2) is 9.59 Å². The summed E-state index contributed by atoms with van der Waals surface area (Å²) in [5.74, 6) is -0.957. The lowest BCUT2D eigenvalue weighted by Crippen LogP contribution is -2.41. The van der Waals surface area contributed by atoms with E-state index in [0.29, 0.717) is 6.54 Å². The molecule has 0 bridgehead atoms. The first-order valence-corrected chi connectivity index (χ1v) is 6.44. The van der Waals surface area contributed by atoms with Crippen LogP contribution in [0.1, 0.15) is 35.7 Å². The van der Waals surface area contributed by atoms with E-state index < -0.39 is 5.97 Å². The van der Waals surface area contributed by atoms with Crippen LogP contribution in [-0.2, 0) is 6.54 Å². The van der Waals surface area contributed by atoms with Crippen LogP contribution in [0.4, 0.5) is 4.79 Å². The fourth-order valence-corrected chi connectivity index (χ4v) is 2.33. The van der Waals surface area contributed by atoms with Crippen molar-refractivity contribution in [3.63, 3.8) is 0 Å². The summed E-state index contributed by atoms with van der Waals surface area (Å²) in [6, 6.07) is 6.81. The number of urea groups is 1. The predicted molar refractivity (Wildman–Crippen MR) is 71.0 cm³/mol. The van der Waals surface area contributed by atoms with E-state index in [1.165, 1.54) is 6.07 Å². The van der Waals surface area contributed by atoms with E-state index >= 15 is 0 Å². The third-order valence-electron chi connectivity index (χ3n) is 3.43. The molecule has 1 aromatic carbocycles. The second kappa shape index (κ2) is 5.73. The minimum absolute atomic E-state index is 0.0780. The Balaban J connectivity index is 1.93. The van der Waals surface area contributed by atoms with Crippen LogP contribution >= 0.6 is 0 Å². The van der Waals surface area contributed by atoms with Crippen molar-refractivity contribution in [3.05, 3.63) is 35.4 Å². The second-order valence-corrected chi connectivity index (χ2v) is 4.85. The van der Waals surface area contributed by atoms with E-state index in [-0.39, 0.29) is 17.6 Å². The number of likely N-dealkylation sites (tertiary alicyclic amines) is 1. The van der Waals surface area contributed by atoms with Crippen LogP contribution in [-0.4, -0.2) is 34.6 Å². The zero-order chi connectivity index (χ0) is 13.8. The lowest BCUT2D eigenvalue weighted by molar-refractivity contribution is 0.0696. The van der Waals surface area contributed by atoms with E-state index in [0.717, 1.165) is 24.9 Å². The molecule has 1 aliphatic heterocycles. The highest BCUT2D eigenvalue weighted by Gasteiger charge is 2.24. The number of hydrogen-bond donors (Lipinski definition) is 2. The monoisotopic (exact) mass is 262 g/mol. The first kappa shape index (κ1) is 13.4. The number of carbonyl (C=O) groups excluding carboxylic acids is 1. The summed E-state index contributed by atoms with van der Waals surface area (Å²) in [6.07, 6.45) is 2.09. The van der Waals surface area contributed by atoms with Gasteiger partial charge in [0.1, 0.15) is 0 Å². The summed E-state index contributed by atoms with van der Waals surface area (Å²) in [5.41, 5.74) is 1.03. The van der Waals surface area contributed by atoms with E-state index in [1.54, 1.807) is 18.2 Å². The average Bonchev–Trinajstić information content (AvgIpc) is 2.82. The highest BCUT2D eigenvalue weighted by Crippen LogP contribution is 2.16. The van der Waals surface area contributed by atoms with E-state index in [9.17, 15) is 9.59 Å². The van der Waals surface area contributed by atoms with E-state index in [2.05, 4.69) is 5.32 Å². The van der Waals surface area contributed by atoms with Crippen molar-refractivity contribution in [2.24, 2.45) is 0 Å². The minimum atomic E-state index is -0.957. The minimum Gasteiger partial charge on any atom is -0.478 e. The molecular weight excluding hydrogens is 244 g/mol. The molecule has 19 heavy (non-hydrogen) atoms. The number of carboxylic acid groups (broad SMARTS) is 1. The molecule has 0 aliphatic carbocycles. The maximum atomic E-state index is 11.9. The van der Waals surface area contributed by atoms with Crippen molar-refractivity contribution in [3.8, 4) is 0 Å². The molecule has 1 heterocycles. The van der Waals surface area contributed by atoms with Crippen molar-refractivity contribution in [2.75, 3.05) is 6.54 Å². The van der Waals surface area contributed by atoms with Crippen molar-refractivity contribution < 1.29 is 14.7 Å². The molecule has 1 fully saturated rings. The number of hydrogen-bond acceptors (Lipinski definition) is 2. The number of nitrogens with one attached hydrogen (secondary N) is 1. The molecule has 0 spiro atoms. The molecule has 5 nitrogen and oxygen atoms in total. The van der Waals surface area contributed by atoms with Gasteiger partial charge in [0.25, 0.3) is 0 Å². The zero-order valence-corrected chi connectivity index (χ0v) is 10.9. The number of amides is 2. The number of carboxylic acids is 1. The third-order valence-corrected chi connectivity index (χ3v) is 3.43. The molecule has 5 heteroatoms. The number of nitrogens with zero attached hydrogens (tertiary/aromatic N) is 1. The Bertz CT molecular complexity index is 487. The third kappa shape index (κ3) is 3.24. The zero-order valence-electron chi connectivity index (χ0n) is 10.9. The van der Waals surface area contributed by atoms with Gasteiger partial charge in [-0.05, 0) is 37.5 Å². The van der Waals surface area contributed by atoms with Gasteiger partial charge in [-0.15, -0.1) is 0 Å². The number of benzene rings is 1. The highest BCUT2D eigenvalue weighted by molar-refractivity contribution is 5.87. The summed E-state index contributed by atoms with van der Waals surface area (Å²) < 4.78 is 0. The number of carbonyl (C=O) groups is 2. The fraction of sp³-hybridized carbons (Fsp3) is 0.429. The topological polar surface area (TPSA) is 69.6 Å². The molecule has 0 radical (unpaired) electrons. The standard InChI is InChI=1S/C14H18N2O3/c1-10-4-3-7-16(10)14(19)15-9-11-5-2-6-12(8-11)13(17)18/h2,5-6,8,10H,3-4,7,9H2,1H3,(H,15,19)(H,17,18). The Hall–Kier alpha value is -2.04. The summed E-state index contributed by atoms with van der Waals surface area (Å²) in [6.45, 7) is 3.18. The predicted octanol–water partition coefficient (Wildman–Crippen LogP) is 2.08. The Kier molecular flexibility index (Phi) is 4.04. The quantitative estimate of drug-likeness (QED) is 0.876. The SMILES string of the molecule is CC1CCCN1C(=O)NCc1cccc(C(=O)O)c1. The van der Waals surface area contributed by atoms with Crippen LogP contribution in [0, 0.1) is 0 Å². The second-order valence-electron chi connectivity index (χ2n) is 4.85. The van der Waals surface area contributed by atoms with Gasteiger partial charge in [0.2, 0.25) is 0 Å². The molecule has 1 atom stereocenters. The van der Waals surface area contributed by atoms with Gasteiger partial charge in [-0.2, -0.15) is 0 Å². The van der Waals surface area contributed by atoms with Crippen LogP contribution in [0.25, 0.3) is 0 Å². The van der Waals surface area contributed by atoms with Crippen LogP contribution in [0.2, 0.25) is 0 Å². The molecular formula is C14H18N2O3. The fourth-order valence-electron chi connectivity index (χ4n) is 2.33. The van der Waals surface area contributed by atoms with Gasteiger partial charge in [-0.3, -0.25) is 0 Å². The van der Waals surface area contributed by atoms with Gasteiger partial charge >= 0.3 is 12.0 Å². The molecule has 2 N–H and O–H groups in total. The number of rotatable bonds is 3. The lowest BCUT2D eigenvalue weighted by atomic mass is 10.1. The molecule has 2 rings (SSSR count). The van der Waals surface area contributed by atoms with Gasteiger partial charge in [0.15, 0.2) is 0 Å². The maximum Gasteiger partial charge on any atom is 0.335 e. The normalized spacial score (nSPS) is 18.4. The first-order valence-electron chi connectivity index (χ1n) is 6.44. The van der Waals surface area contributed by atoms with Gasteiger partial charge in [0.05, 0.1) is 5.56 Å². The Morgan fingerprint density at radius 1 is 1.47 bits per heavy atom. The summed E-state index contributed by atoms with van der Waals surface area (Å²) in [5, 5.41) is 11.7. The molecule has 0 saturated carbocycles. The molecule has 102 valence electrons. The summed E-state index contributed by atoms with van der Waals surface area (Å²) in [4.78, 5) is 24.6. The highest BCUT2D eigenvalue weighted by atomic mass is 16.4. The van der Waals surface area contributed by atoms with Crippen LogP contribution in [0.3, 0.4) is 0 Å². The van der Waals surface area contributed by atoms with Gasteiger partial charge in [-0.1, -0.05) is 12.1 Å². The van der Waals surface area contributed by atoms with Crippen LogP contribution < -0.4 is 5.32 Å². The van der Waals surface area contributed by atoms with E-state index in [1.807, 2.05) is 11.8 Å². The van der Waals surface area contributed by atoms with Crippen molar-refractivity contribution in [1.29, 1.82) is 0 Å². The largest absolute Gasteiger partial charge is 0.478 e. The number of aromatic carboxylic acids is 1. The molecule has 1 aromatic rings. The van der Waals surface area contributed by atoms with Crippen molar-refractivity contribution >= 4 is 12.0 Å². The van der Waals surface area contributed by atoms with Gasteiger partial charge in [0, 0.05) is 19.1 Å². The van der Waals surface area contributed by atoms with Crippen molar-refractivity contribution in [1.82, 2.24) is 10.2 Å². The average molecular weight is 262 g/mol. The van der Waals surface area contributed by atoms with Gasteiger partial charge < -0.3 is 15.3 Å². The smallest absolute Gasteiger partial charge is 0.335 e. The Morgan fingerprint density at radius 3 is 2.89 bits per heavy atom. The molecule has 0 aromatic heterocycles. The molecule has 2 amide bonds.